The van der Waals surface area contributed by atoms with Crippen molar-refractivity contribution < 1.29 is 4.79 Å². The van der Waals surface area contributed by atoms with Crippen LogP contribution in [0, 0.1) is 19.8 Å². The predicted molar refractivity (Wildman–Crippen MR) is 74.1 cm³/mol. The minimum absolute atomic E-state index is 0.0253. The van der Waals surface area contributed by atoms with Crippen LogP contribution in [0.15, 0.2) is 0 Å². The Morgan fingerprint density at radius 2 is 2.15 bits per heavy atom. The van der Waals surface area contributed by atoms with Gasteiger partial charge in [0.25, 0.3) is 5.78 Å². The number of amides is 1. The Bertz CT molecular complexity index is 673. The lowest BCUT2D eigenvalue weighted by molar-refractivity contribution is -0.120. The van der Waals surface area contributed by atoms with E-state index in [1.54, 1.807) is 4.52 Å². The van der Waals surface area contributed by atoms with Crippen LogP contribution in [-0.4, -0.2) is 32.0 Å². The first-order valence-corrected chi connectivity index (χ1v) is 6.79. The lowest BCUT2D eigenvalue weighted by Crippen LogP contribution is -2.28. The summed E-state index contributed by atoms with van der Waals surface area (Å²) in [5.74, 6) is 1.36. The molecule has 1 amide bonds. The van der Waals surface area contributed by atoms with Crippen molar-refractivity contribution in [2.45, 2.75) is 33.1 Å². The molecular weight excluding hydrogens is 256 g/mol. The average molecular weight is 274 g/mol. The van der Waals surface area contributed by atoms with Crippen LogP contribution in [0.3, 0.4) is 0 Å². The summed E-state index contributed by atoms with van der Waals surface area (Å²) in [4.78, 5) is 20.4. The number of nitrogens with zero attached hydrogens (tertiary/aromatic N) is 4. The van der Waals surface area contributed by atoms with Crippen molar-refractivity contribution in [2.24, 2.45) is 5.92 Å². The van der Waals surface area contributed by atoms with Crippen molar-refractivity contribution in [1.29, 1.82) is 0 Å². The molecule has 0 spiro atoms. The number of hydrogen-bond acceptors (Lipinski definition) is 5. The van der Waals surface area contributed by atoms with Gasteiger partial charge >= 0.3 is 0 Å². The van der Waals surface area contributed by atoms with Gasteiger partial charge in [-0.05, 0) is 32.6 Å². The Labute approximate surface area is 116 Å². The van der Waals surface area contributed by atoms with Crippen LogP contribution in [0.5, 0.6) is 0 Å². The molecule has 0 radical (unpaired) electrons. The number of aryl methyl sites for hydroxylation is 2. The molecular formula is C13H18N6O. The van der Waals surface area contributed by atoms with Gasteiger partial charge in [0.05, 0.1) is 6.42 Å². The first-order chi connectivity index (χ1) is 9.54. The number of carbonyl (C=O) groups excluding carboxylic acids is 1. The smallest absolute Gasteiger partial charge is 0.254 e. The molecule has 0 aliphatic heterocycles. The second-order valence-electron chi connectivity index (χ2n) is 5.37. The summed E-state index contributed by atoms with van der Waals surface area (Å²) in [5, 5.41) is 7.06. The van der Waals surface area contributed by atoms with Crippen LogP contribution in [0.1, 0.15) is 29.8 Å². The molecule has 2 aromatic heterocycles. The highest BCUT2D eigenvalue weighted by Gasteiger charge is 2.22. The highest BCUT2D eigenvalue weighted by molar-refractivity contribution is 5.79. The van der Waals surface area contributed by atoms with Crippen molar-refractivity contribution in [3.63, 3.8) is 0 Å². The van der Waals surface area contributed by atoms with Gasteiger partial charge in [0.1, 0.15) is 0 Å². The minimum atomic E-state index is 0.0253. The third-order valence-electron chi connectivity index (χ3n) is 3.69. The van der Waals surface area contributed by atoms with Crippen LogP contribution in [0.4, 0.5) is 5.95 Å². The Morgan fingerprint density at radius 1 is 1.40 bits per heavy atom. The Kier molecular flexibility index (Phi) is 3.04. The number of hydrogen-bond donors (Lipinski definition) is 2. The molecule has 1 saturated carbocycles. The van der Waals surface area contributed by atoms with Gasteiger partial charge in [0.15, 0.2) is 0 Å². The summed E-state index contributed by atoms with van der Waals surface area (Å²) < 4.78 is 1.59. The lowest BCUT2D eigenvalue weighted by atomic mass is 10.1. The van der Waals surface area contributed by atoms with Crippen molar-refractivity contribution in [2.75, 3.05) is 12.3 Å². The number of carbonyl (C=O) groups is 1. The van der Waals surface area contributed by atoms with Crippen LogP contribution < -0.4 is 11.1 Å². The molecule has 106 valence electrons. The quantitative estimate of drug-likeness (QED) is 0.840. The topological polar surface area (TPSA) is 98.2 Å². The summed E-state index contributed by atoms with van der Waals surface area (Å²) in [6.07, 6.45) is 2.77. The largest absolute Gasteiger partial charge is 0.366 e. The van der Waals surface area contributed by atoms with Gasteiger partial charge in [-0.15, -0.1) is 5.10 Å². The highest BCUT2D eigenvalue weighted by atomic mass is 16.1. The van der Waals surface area contributed by atoms with Crippen LogP contribution >= 0.6 is 0 Å². The maximum absolute atomic E-state index is 12.0. The van der Waals surface area contributed by atoms with Gasteiger partial charge in [0, 0.05) is 23.5 Å². The Balaban J connectivity index is 1.83. The van der Waals surface area contributed by atoms with Gasteiger partial charge in [-0.25, -0.2) is 4.98 Å². The van der Waals surface area contributed by atoms with E-state index < -0.39 is 0 Å². The van der Waals surface area contributed by atoms with E-state index in [4.69, 9.17) is 5.73 Å². The number of rotatable bonds is 4. The number of nitrogens with one attached hydrogen (secondary N) is 1. The molecule has 3 rings (SSSR count). The van der Waals surface area contributed by atoms with E-state index in [1.807, 2.05) is 13.8 Å². The second-order valence-corrected chi connectivity index (χ2v) is 5.37. The molecule has 1 fully saturated rings. The number of anilines is 1. The predicted octanol–water partition coefficient (Wildman–Crippen LogP) is 0.392. The van der Waals surface area contributed by atoms with Crippen LogP contribution in [-0.2, 0) is 11.2 Å². The summed E-state index contributed by atoms with van der Waals surface area (Å²) in [5.41, 5.74) is 8.13. The summed E-state index contributed by atoms with van der Waals surface area (Å²) in [6, 6.07) is 0. The van der Waals surface area contributed by atoms with E-state index in [1.165, 1.54) is 12.8 Å². The number of fused-ring (bicyclic) bond motifs is 1. The van der Waals surface area contributed by atoms with Crippen molar-refractivity contribution in [3.05, 3.63) is 17.0 Å². The highest BCUT2D eigenvalue weighted by Crippen LogP contribution is 2.27. The van der Waals surface area contributed by atoms with E-state index in [0.717, 1.165) is 23.5 Å². The zero-order chi connectivity index (χ0) is 14.3. The van der Waals surface area contributed by atoms with Crippen molar-refractivity contribution >= 4 is 17.6 Å². The van der Waals surface area contributed by atoms with Gasteiger partial charge in [-0.1, -0.05) is 0 Å². The number of nitrogens with two attached hydrogens (primary N) is 1. The normalized spacial score (nSPS) is 14.7. The summed E-state index contributed by atoms with van der Waals surface area (Å²) in [6.45, 7) is 4.56. The Morgan fingerprint density at radius 3 is 2.85 bits per heavy atom. The molecule has 20 heavy (non-hydrogen) atoms. The zero-order valence-corrected chi connectivity index (χ0v) is 11.7. The fourth-order valence-corrected chi connectivity index (χ4v) is 2.28. The molecule has 0 aromatic carbocycles. The SMILES string of the molecule is Cc1nc2nc(N)nn2c(C)c1CC(=O)NCC1CC1. The molecule has 1 aliphatic rings. The van der Waals surface area contributed by atoms with E-state index >= 15 is 0 Å². The van der Waals surface area contributed by atoms with Crippen molar-refractivity contribution in [3.8, 4) is 0 Å². The van der Waals surface area contributed by atoms with E-state index in [0.29, 0.717) is 18.1 Å². The lowest BCUT2D eigenvalue weighted by Gasteiger charge is -2.10. The third kappa shape index (κ3) is 2.43. The molecule has 2 aromatic rings. The van der Waals surface area contributed by atoms with E-state index in [2.05, 4.69) is 20.4 Å². The van der Waals surface area contributed by atoms with E-state index in [9.17, 15) is 4.79 Å². The molecule has 2 heterocycles. The number of nitrogen functional groups attached to an aromatic ring is 1. The average Bonchev–Trinajstić information content (AvgIpc) is 3.14. The van der Waals surface area contributed by atoms with Crippen molar-refractivity contribution in [1.82, 2.24) is 24.9 Å². The molecule has 7 nitrogen and oxygen atoms in total. The van der Waals surface area contributed by atoms with E-state index in [-0.39, 0.29) is 11.9 Å². The maximum Gasteiger partial charge on any atom is 0.254 e. The number of aromatic nitrogens is 4. The Hall–Kier alpha value is -2.18. The fraction of sp³-hybridized carbons (Fsp3) is 0.538. The van der Waals surface area contributed by atoms with Gasteiger partial charge in [-0.2, -0.15) is 9.50 Å². The fourth-order valence-electron chi connectivity index (χ4n) is 2.28. The molecule has 3 N–H and O–H groups in total. The molecule has 0 atom stereocenters. The zero-order valence-electron chi connectivity index (χ0n) is 11.7. The molecule has 0 saturated heterocycles. The standard InChI is InChI=1S/C13H18N6O/c1-7-10(5-11(20)15-6-9-3-4-9)8(2)19-13(16-7)17-12(14)18-19/h9H,3-6H2,1-2H3,(H2,14,18)(H,15,20). The second kappa shape index (κ2) is 4.73. The molecule has 7 heteroatoms. The first kappa shape index (κ1) is 12.8. The van der Waals surface area contributed by atoms with Crippen LogP contribution in [0.25, 0.3) is 5.78 Å². The monoisotopic (exact) mass is 274 g/mol. The molecule has 1 aliphatic carbocycles. The maximum atomic E-state index is 12.0. The summed E-state index contributed by atoms with van der Waals surface area (Å²) >= 11 is 0. The van der Waals surface area contributed by atoms with Gasteiger partial charge < -0.3 is 11.1 Å². The molecule has 0 bridgehead atoms. The van der Waals surface area contributed by atoms with Gasteiger partial charge in [-0.3, -0.25) is 4.79 Å². The van der Waals surface area contributed by atoms with Crippen LogP contribution in [0.2, 0.25) is 0 Å². The summed E-state index contributed by atoms with van der Waals surface area (Å²) in [7, 11) is 0. The van der Waals surface area contributed by atoms with Gasteiger partial charge in [0.2, 0.25) is 11.9 Å². The minimum Gasteiger partial charge on any atom is -0.366 e. The third-order valence-corrected chi connectivity index (χ3v) is 3.69. The molecule has 0 unspecified atom stereocenters. The first-order valence-electron chi connectivity index (χ1n) is 6.79.